The summed E-state index contributed by atoms with van der Waals surface area (Å²) in [5, 5.41) is 5.94. The molecule has 1 aliphatic rings. The normalized spacial score (nSPS) is 17.0. The lowest BCUT2D eigenvalue weighted by Crippen LogP contribution is -2.57. The zero-order chi connectivity index (χ0) is 34.0. The molecule has 1 fully saturated rings. The average Bonchev–Trinajstić information content (AvgIpc) is 3.52. The van der Waals surface area contributed by atoms with E-state index in [4.69, 9.17) is 21.1 Å². The number of nitrogens with zero attached hydrogens (tertiary/aromatic N) is 7. The minimum atomic E-state index is -1.35. The van der Waals surface area contributed by atoms with E-state index in [0.717, 1.165) is 11.3 Å². The van der Waals surface area contributed by atoms with Crippen molar-refractivity contribution in [3.8, 4) is 0 Å². The highest BCUT2D eigenvalue weighted by molar-refractivity contribution is 9.10. The number of alkyl carbamates (subject to hydrolysis) is 1. The van der Waals surface area contributed by atoms with Crippen LogP contribution in [0.2, 0.25) is 5.02 Å². The molecular formula is C30H39BrClN9O5. The minimum Gasteiger partial charge on any atom is -0.444 e. The molecule has 0 bridgehead atoms. The van der Waals surface area contributed by atoms with E-state index in [2.05, 4.69) is 46.5 Å². The van der Waals surface area contributed by atoms with Crippen molar-refractivity contribution in [2.75, 3.05) is 37.4 Å². The number of aliphatic imine (C=N–C) groups is 1. The summed E-state index contributed by atoms with van der Waals surface area (Å²) < 4.78 is 13.4. The third-order valence-electron chi connectivity index (χ3n) is 6.65. The Labute approximate surface area is 281 Å². The molecule has 0 aliphatic carbocycles. The number of carbonyl (C=O) groups is 3. The number of carbonyl (C=O) groups excluding carboxylic acids is 3. The van der Waals surface area contributed by atoms with Crippen molar-refractivity contribution >= 4 is 74.6 Å². The lowest BCUT2D eigenvalue weighted by Gasteiger charge is -2.30. The number of aromatic nitrogens is 4. The van der Waals surface area contributed by atoms with Gasteiger partial charge in [0.1, 0.15) is 23.1 Å². The van der Waals surface area contributed by atoms with Gasteiger partial charge >= 0.3 is 12.2 Å². The van der Waals surface area contributed by atoms with E-state index in [-0.39, 0.29) is 18.8 Å². The highest BCUT2D eigenvalue weighted by Crippen LogP contribution is 2.37. The second-order valence-electron chi connectivity index (χ2n) is 13.2. The maximum atomic E-state index is 13.5. The summed E-state index contributed by atoms with van der Waals surface area (Å²) in [7, 11) is 3.51. The van der Waals surface area contributed by atoms with Crippen LogP contribution in [0.4, 0.5) is 21.1 Å². The Morgan fingerprint density at radius 1 is 1.09 bits per heavy atom. The number of halogens is 2. The lowest BCUT2D eigenvalue weighted by atomic mass is 9.98. The molecule has 14 nitrogen and oxygen atoms in total. The predicted octanol–water partition coefficient (Wildman–Crippen LogP) is 5.23. The lowest BCUT2D eigenvalue weighted by molar-refractivity contribution is -0.123. The third kappa shape index (κ3) is 8.63. The first-order valence-corrected chi connectivity index (χ1v) is 15.7. The Morgan fingerprint density at radius 2 is 1.76 bits per heavy atom. The number of fused-ring (bicyclic) bond motifs is 1. The molecule has 1 aliphatic heterocycles. The van der Waals surface area contributed by atoms with E-state index in [1.54, 1.807) is 72.9 Å². The van der Waals surface area contributed by atoms with Gasteiger partial charge in [-0.2, -0.15) is 0 Å². The van der Waals surface area contributed by atoms with E-state index < -0.39 is 34.8 Å². The molecule has 3 aromatic rings. The monoisotopic (exact) mass is 719 g/mol. The molecule has 16 heteroatoms. The molecule has 1 unspecified atom stereocenters. The fraction of sp³-hybridized carbons (Fsp3) is 0.500. The van der Waals surface area contributed by atoms with Crippen LogP contribution in [0.1, 0.15) is 53.5 Å². The molecule has 1 saturated heterocycles. The summed E-state index contributed by atoms with van der Waals surface area (Å²) in [6.45, 7) is 11.4. The molecule has 2 N–H and O–H groups in total. The smallest absolute Gasteiger partial charge is 0.413 e. The number of anilines is 2. The van der Waals surface area contributed by atoms with Gasteiger partial charge in [-0.05, 0) is 60.1 Å². The van der Waals surface area contributed by atoms with Gasteiger partial charge in [0.15, 0.2) is 17.0 Å². The molecule has 0 saturated carbocycles. The standard InChI is InChI=1S/C30H39BrClN9O5/c1-28(2,3)45-26(43)37-23-22-24(34-15-33-23)41(17-35-22)13-19-20(31)11-18(32)12-21(19)40-10-9-30(14-40,25(42)36-16-39(7)8)38-27(44)46-29(4,5)6/h11-12,15-17H,9-10,13-14H2,1-8H3,(H,38,44)(H,33,34,37,43)/b36-16+. The Hall–Kier alpha value is -3.98. The number of rotatable bonds is 7. The third-order valence-corrected chi connectivity index (χ3v) is 7.58. The topological polar surface area (TPSA) is 156 Å². The zero-order valence-electron chi connectivity index (χ0n) is 27.1. The number of hydrogen-bond donors (Lipinski definition) is 2. The second-order valence-corrected chi connectivity index (χ2v) is 14.5. The largest absolute Gasteiger partial charge is 0.444 e. The Balaban J connectivity index is 1.67. The molecule has 0 radical (unpaired) electrons. The predicted molar refractivity (Wildman–Crippen MR) is 180 cm³/mol. The molecule has 3 heterocycles. The van der Waals surface area contributed by atoms with E-state index in [1.165, 1.54) is 12.7 Å². The van der Waals surface area contributed by atoms with Crippen molar-refractivity contribution in [1.82, 2.24) is 29.7 Å². The van der Waals surface area contributed by atoms with Crippen molar-refractivity contribution in [1.29, 1.82) is 0 Å². The van der Waals surface area contributed by atoms with Crippen molar-refractivity contribution in [3.63, 3.8) is 0 Å². The van der Waals surface area contributed by atoms with Crippen molar-refractivity contribution in [2.24, 2.45) is 4.99 Å². The molecule has 1 atom stereocenters. The van der Waals surface area contributed by atoms with Crippen LogP contribution in [0.25, 0.3) is 11.2 Å². The van der Waals surface area contributed by atoms with Gasteiger partial charge in [0.2, 0.25) is 0 Å². The fourth-order valence-electron chi connectivity index (χ4n) is 4.82. The van der Waals surface area contributed by atoms with Gasteiger partial charge in [-0.1, -0.05) is 27.5 Å². The number of benzene rings is 1. The van der Waals surface area contributed by atoms with Crippen LogP contribution in [0, 0.1) is 0 Å². The highest BCUT2D eigenvalue weighted by atomic mass is 79.9. The molecule has 248 valence electrons. The summed E-state index contributed by atoms with van der Waals surface area (Å²) in [5.41, 5.74) is -0.385. The quantitative estimate of drug-likeness (QED) is 0.245. The summed E-state index contributed by atoms with van der Waals surface area (Å²) in [4.78, 5) is 59.7. The van der Waals surface area contributed by atoms with Gasteiger partial charge in [0.25, 0.3) is 5.91 Å². The van der Waals surface area contributed by atoms with E-state index in [0.29, 0.717) is 33.7 Å². The van der Waals surface area contributed by atoms with Gasteiger partial charge in [0, 0.05) is 41.4 Å². The van der Waals surface area contributed by atoms with Gasteiger partial charge in [-0.3, -0.25) is 10.1 Å². The minimum absolute atomic E-state index is 0.117. The van der Waals surface area contributed by atoms with Crippen LogP contribution < -0.4 is 15.5 Å². The van der Waals surface area contributed by atoms with Crippen LogP contribution in [0.15, 0.2) is 34.3 Å². The molecule has 4 rings (SSSR count). The Bertz CT molecular complexity index is 1660. The summed E-state index contributed by atoms with van der Waals surface area (Å²) in [6, 6.07) is 3.58. The van der Waals surface area contributed by atoms with E-state index in [1.807, 2.05) is 15.5 Å². The van der Waals surface area contributed by atoms with Gasteiger partial charge in [0.05, 0.1) is 25.8 Å². The number of nitrogens with one attached hydrogen (secondary N) is 2. The van der Waals surface area contributed by atoms with Gasteiger partial charge < -0.3 is 29.2 Å². The van der Waals surface area contributed by atoms with E-state index in [9.17, 15) is 14.4 Å². The van der Waals surface area contributed by atoms with Crippen molar-refractivity contribution in [2.45, 2.75) is 71.2 Å². The number of imidazole rings is 1. The van der Waals surface area contributed by atoms with Gasteiger partial charge in [-0.25, -0.2) is 29.5 Å². The van der Waals surface area contributed by atoms with Crippen LogP contribution in [0.5, 0.6) is 0 Å². The molecule has 0 spiro atoms. The molecule has 2 aromatic heterocycles. The summed E-state index contributed by atoms with van der Waals surface area (Å²) >= 11 is 10.2. The summed E-state index contributed by atoms with van der Waals surface area (Å²) in [5.74, 6) is -0.290. The Kier molecular flexibility index (Phi) is 10.2. The van der Waals surface area contributed by atoms with Crippen molar-refractivity contribution in [3.05, 3.63) is 39.8 Å². The second kappa shape index (κ2) is 13.4. The highest BCUT2D eigenvalue weighted by Gasteiger charge is 2.47. The number of hydrogen-bond acceptors (Lipinski definition) is 9. The Morgan fingerprint density at radius 3 is 2.41 bits per heavy atom. The summed E-state index contributed by atoms with van der Waals surface area (Å²) in [6.07, 6.45) is 3.25. The molecule has 3 amide bonds. The molecular weight excluding hydrogens is 682 g/mol. The average molecular weight is 721 g/mol. The zero-order valence-corrected chi connectivity index (χ0v) is 29.5. The first-order chi connectivity index (χ1) is 21.4. The molecule has 46 heavy (non-hydrogen) atoms. The first kappa shape index (κ1) is 34.9. The van der Waals surface area contributed by atoms with Crippen LogP contribution in [-0.4, -0.2) is 92.8 Å². The maximum absolute atomic E-state index is 13.5. The number of amides is 3. The van der Waals surface area contributed by atoms with Crippen LogP contribution in [0.3, 0.4) is 0 Å². The first-order valence-electron chi connectivity index (χ1n) is 14.5. The van der Waals surface area contributed by atoms with Crippen LogP contribution in [-0.2, 0) is 20.8 Å². The van der Waals surface area contributed by atoms with Crippen LogP contribution >= 0.6 is 27.5 Å². The fourth-order valence-corrected chi connectivity index (χ4v) is 5.74. The molecule has 1 aromatic carbocycles. The van der Waals surface area contributed by atoms with Crippen molar-refractivity contribution < 1.29 is 23.9 Å². The SMILES string of the molecule is CN(C)/C=N/C(=O)C1(NC(=O)OC(C)(C)C)CCN(c2cc(Cl)cc(Br)c2Cn2cnc3c(NC(=O)OC(C)(C)C)ncnc32)C1. The maximum Gasteiger partial charge on any atom is 0.413 e. The van der Waals surface area contributed by atoms with E-state index >= 15 is 0 Å². The van der Waals surface area contributed by atoms with Gasteiger partial charge in [-0.15, -0.1) is 0 Å². The number of ether oxygens (including phenoxy) is 2.